The highest BCUT2D eigenvalue weighted by atomic mass is 19.3. The molecule has 0 bridgehead atoms. The first-order chi connectivity index (χ1) is 9.99. The maximum Gasteiger partial charge on any atom is 0.387 e. The van der Waals surface area contributed by atoms with Crippen molar-refractivity contribution in [2.45, 2.75) is 45.8 Å². The molecule has 1 aromatic rings. The zero-order chi connectivity index (χ0) is 15.4. The lowest BCUT2D eigenvalue weighted by molar-refractivity contribution is -0.0501. The van der Waals surface area contributed by atoms with Crippen LogP contribution in [-0.4, -0.2) is 18.6 Å². The van der Waals surface area contributed by atoms with Gasteiger partial charge in [0.25, 0.3) is 5.91 Å². The third-order valence-corrected chi connectivity index (χ3v) is 4.37. The number of carbonyl (C=O) groups is 1. The zero-order valence-electron chi connectivity index (χ0n) is 12.3. The molecule has 0 aromatic heterocycles. The number of amides is 1. The summed E-state index contributed by atoms with van der Waals surface area (Å²) in [6.45, 7) is 1.36. The maximum absolute atomic E-state index is 12.4. The van der Waals surface area contributed by atoms with E-state index in [4.69, 9.17) is 0 Å². The number of para-hydroxylation sites is 1. The monoisotopic (exact) mass is 297 g/mol. The molecule has 0 heterocycles. The summed E-state index contributed by atoms with van der Waals surface area (Å²) in [5.41, 5.74) is 0.156. The largest absolute Gasteiger partial charge is 0.434 e. The molecule has 0 saturated heterocycles. The Morgan fingerprint density at radius 2 is 2.00 bits per heavy atom. The third-order valence-electron chi connectivity index (χ3n) is 4.37. The number of halogens is 2. The summed E-state index contributed by atoms with van der Waals surface area (Å²) >= 11 is 0. The van der Waals surface area contributed by atoms with E-state index in [9.17, 15) is 13.6 Å². The van der Waals surface area contributed by atoms with Gasteiger partial charge in [0.05, 0.1) is 5.56 Å². The third kappa shape index (κ3) is 3.93. The molecule has 0 aliphatic heterocycles. The van der Waals surface area contributed by atoms with E-state index in [2.05, 4.69) is 23.9 Å². The molecular weight excluding hydrogens is 276 g/mol. The number of ether oxygens (including phenoxy) is 1. The van der Waals surface area contributed by atoms with Gasteiger partial charge in [0.2, 0.25) is 0 Å². The molecule has 0 radical (unpaired) electrons. The second kappa shape index (κ2) is 6.87. The molecule has 1 amide bonds. The minimum atomic E-state index is -2.94. The smallest absolute Gasteiger partial charge is 0.387 e. The number of rotatable bonds is 4. The molecule has 116 valence electrons. The number of nitrogens with one attached hydrogen (secondary N) is 1. The van der Waals surface area contributed by atoms with Crippen LogP contribution in [0.2, 0.25) is 0 Å². The molecule has 21 heavy (non-hydrogen) atoms. The average molecular weight is 297 g/mol. The van der Waals surface area contributed by atoms with Crippen LogP contribution in [0, 0.1) is 11.8 Å². The van der Waals surface area contributed by atoms with Gasteiger partial charge in [-0.1, -0.05) is 38.8 Å². The first-order valence-corrected chi connectivity index (χ1v) is 7.33. The van der Waals surface area contributed by atoms with Crippen LogP contribution in [0.25, 0.3) is 0 Å². The van der Waals surface area contributed by atoms with Gasteiger partial charge in [-0.2, -0.15) is 8.78 Å². The van der Waals surface area contributed by atoms with Crippen molar-refractivity contribution in [3.05, 3.63) is 29.8 Å². The van der Waals surface area contributed by atoms with Crippen LogP contribution in [0.15, 0.2) is 24.3 Å². The Balaban J connectivity index is 2.09. The minimum Gasteiger partial charge on any atom is -0.434 e. The lowest BCUT2D eigenvalue weighted by Gasteiger charge is -2.34. The Labute approximate surface area is 123 Å². The van der Waals surface area contributed by atoms with Crippen LogP contribution in [0.3, 0.4) is 0 Å². The van der Waals surface area contributed by atoms with Crippen LogP contribution in [0.5, 0.6) is 5.75 Å². The molecule has 0 spiro atoms. The van der Waals surface area contributed by atoms with E-state index in [1.807, 2.05) is 0 Å². The van der Waals surface area contributed by atoms with Crippen molar-refractivity contribution < 1.29 is 18.3 Å². The predicted molar refractivity (Wildman–Crippen MR) is 76.5 cm³/mol. The van der Waals surface area contributed by atoms with E-state index in [1.165, 1.54) is 18.6 Å². The van der Waals surface area contributed by atoms with Crippen molar-refractivity contribution >= 4 is 5.91 Å². The van der Waals surface area contributed by atoms with Crippen LogP contribution in [0.1, 0.15) is 43.5 Å². The number of carbonyl (C=O) groups excluding carboxylic acids is 1. The Hall–Kier alpha value is -1.65. The van der Waals surface area contributed by atoms with E-state index in [-0.39, 0.29) is 23.3 Å². The van der Waals surface area contributed by atoms with Gasteiger partial charge in [-0.05, 0) is 30.4 Å². The quantitative estimate of drug-likeness (QED) is 0.917. The molecule has 2 rings (SSSR count). The standard InChI is InChI=1S/C16H21F2NO2/c1-10-6-5-8-13(11(10)2)19-15(20)12-7-3-4-9-14(12)21-16(17)18/h3-4,7,9-11,13,16H,5-6,8H2,1-2H3,(H,19,20)/t10-,11+,13+/m1/s1. The summed E-state index contributed by atoms with van der Waals surface area (Å²) in [6.07, 6.45) is 3.17. The molecule has 3 nitrogen and oxygen atoms in total. The average Bonchev–Trinajstić information content (AvgIpc) is 2.44. The SMILES string of the molecule is C[C@H]1[C@H](C)CCC[C@@H]1NC(=O)c1ccccc1OC(F)F. The summed E-state index contributed by atoms with van der Waals surface area (Å²) in [5, 5.41) is 2.97. The highest BCUT2D eigenvalue weighted by Crippen LogP contribution is 2.30. The summed E-state index contributed by atoms with van der Waals surface area (Å²) in [5.74, 6) is 0.501. The first-order valence-electron chi connectivity index (χ1n) is 7.33. The Kier molecular flexibility index (Phi) is 5.15. The van der Waals surface area contributed by atoms with E-state index < -0.39 is 6.61 Å². The van der Waals surface area contributed by atoms with Crippen molar-refractivity contribution in [3.63, 3.8) is 0 Å². The molecule has 5 heteroatoms. The van der Waals surface area contributed by atoms with Gasteiger partial charge >= 0.3 is 6.61 Å². The van der Waals surface area contributed by atoms with Gasteiger partial charge in [-0.3, -0.25) is 4.79 Å². The summed E-state index contributed by atoms with van der Waals surface area (Å²) in [4.78, 5) is 12.3. The summed E-state index contributed by atoms with van der Waals surface area (Å²) in [6, 6.07) is 6.18. The number of benzene rings is 1. The van der Waals surface area contributed by atoms with Crippen LogP contribution in [0.4, 0.5) is 8.78 Å². The first kappa shape index (κ1) is 15.7. The predicted octanol–water partition coefficient (Wildman–Crippen LogP) is 3.84. The highest BCUT2D eigenvalue weighted by Gasteiger charge is 2.29. The minimum absolute atomic E-state index is 0.0819. The normalized spacial score (nSPS) is 25.7. The van der Waals surface area contributed by atoms with Crippen molar-refractivity contribution in [1.82, 2.24) is 5.32 Å². The van der Waals surface area contributed by atoms with E-state index >= 15 is 0 Å². The number of hydrogen-bond acceptors (Lipinski definition) is 2. The molecule has 1 N–H and O–H groups in total. The van der Waals surface area contributed by atoms with Crippen LogP contribution in [-0.2, 0) is 0 Å². The van der Waals surface area contributed by atoms with Crippen molar-refractivity contribution in [1.29, 1.82) is 0 Å². The van der Waals surface area contributed by atoms with Crippen molar-refractivity contribution in [2.75, 3.05) is 0 Å². The molecule has 1 aliphatic rings. The van der Waals surface area contributed by atoms with Crippen LogP contribution < -0.4 is 10.1 Å². The lowest BCUT2D eigenvalue weighted by atomic mass is 9.78. The van der Waals surface area contributed by atoms with Gasteiger partial charge < -0.3 is 10.1 Å². The van der Waals surface area contributed by atoms with E-state index in [0.29, 0.717) is 11.8 Å². The van der Waals surface area contributed by atoms with E-state index in [0.717, 1.165) is 12.8 Å². The fourth-order valence-corrected chi connectivity index (χ4v) is 2.88. The lowest BCUT2D eigenvalue weighted by Crippen LogP contribution is -2.43. The van der Waals surface area contributed by atoms with Crippen LogP contribution >= 0.6 is 0 Å². The second-order valence-electron chi connectivity index (χ2n) is 5.72. The van der Waals surface area contributed by atoms with Gasteiger partial charge in [0.15, 0.2) is 0 Å². The van der Waals surface area contributed by atoms with Gasteiger partial charge in [-0.25, -0.2) is 0 Å². The maximum atomic E-state index is 12.4. The fraction of sp³-hybridized carbons (Fsp3) is 0.562. The fourth-order valence-electron chi connectivity index (χ4n) is 2.88. The van der Waals surface area contributed by atoms with Crippen molar-refractivity contribution in [3.8, 4) is 5.75 Å². The second-order valence-corrected chi connectivity index (χ2v) is 5.72. The highest BCUT2D eigenvalue weighted by molar-refractivity contribution is 5.97. The van der Waals surface area contributed by atoms with Gasteiger partial charge in [-0.15, -0.1) is 0 Å². The molecule has 3 atom stereocenters. The zero-order valence-corrected chi connectivity index (χ0v) is 12.3. The summed E-state index contributed by atoms with van der Waals surface area (Å²) in [7, 11) is 0. The Bertz CT molecular complexity index is 493. The molecule has 1 aliphatic carbocycles. The topological polar surface area (TPSA) is 38.3 Å². The summed E-state index contributed by atoms with van der Waals surface area (Å²) < 4.78 is 29.2. The Morgan fingerprint density at radius 1 is 1.29 bits per heavy atom. The van der Waals surface area contributed by atoms with Crippen molar-refractivity contribution in [2.24, 2.45) is 11.8 Å². The molecule has 1 fully saturated rings. The molecule has 1 aromatic carbocycles. The molecular formula is C16H21F2NO2. The van der Waals surface area contributed by atoms with E-state index in [1.54, 1.807) is 12.1 Å². The Morgan fingerprint density at radius 3 is 2.71 bits per heavy atom. The number of hydrogen-bond donors (Lipinski definition) is 1. The molecule has 0 unspecified atom stereocenters. The van der Waals surface area contributed by atoms with Gasteiger partial charge in [0, 0.05) is 6.04 Å². The molecule has 1 saturated carbocycles. The van der Waals surface area contributed by atoms with Gasteiger partial charge in [0.1, 0.15) is 5.75 Å². The number of alkyl halides is 2.